The minimum absolute atomic E-state index is 0.112. The number of aliphatic imine (C=N–C) groups is 1. The summed E-state index contributed by atoms with van der Waals surface area (Å²) in [6.45, 7) is 5.97. The molecular formula is C17H29N5O3S. The Bertz CT molecular complexity index is 675. The normalized spacial score (nSPS) is 20.7. The molecule has 0 atom stereocenters. The summed E-state index contributed by atoms with van der Waals surface area (Å²) >= 11 is 0. The largest absolute Gasteiger partial charge is 0.364 e. The van der Waals surface area contributed by atoms with E-state index in [0.29, 0.717) is 37.8 Å². The smallest absolute Gasteiger partial charge is 0.220 e. The molecule has 8 nitrogen and oxygen atoms in total. The van der Waals surface area contributed by atoms with Gasteiger partial charge in [-0.2, -0.15) is 4.31 Å². The highest BCUT2D eigenvalue weighted by Crippen LogP contribution is 2.24. The number of guanidine groups is 1. The molecule has 1 aromatic heterocycles. The van der Waals surface area contributed by atoms with E-state index in [1.807, 2.05) is 0 Å². The molecule has 1 N–H and O–H groups in total. The highest BCUT2D eigenvalue weighted by Gasteiger charge is 2.29. The molecule has 146 valence electrons. The van der Waals surface area contributed by atoms with Gasteiger partial charge in [0.15, 0.2) is 5.96 Å². The Morgan fingerprint density at radius 1 is 1.31 bits per heavy atom. The first kappa shape index (κ1) is 19.2. The molecule has 0 amide bonds. The summed E-state index contributed by atoms with van der Waals surface area (Å²) in [7, 11) is -3.37. The van der Waals surface area contributed by atoms with Gasteiger partial charge in [-0.3, -0.25) is 4.99 Å². The van der Waals surface area contributed by atoms with Crippen LogP contribution in [0.2, 0.25) is 0 Å². The molecule has 9 heteroatoms. The maximum Gasteiger partial charge on any atom is 0.220 e. The minimum atomic E-state index is -3.37. The van der Waals surface area contributed by atoms with E-state index in [-0.39, 0.29) is 5.75 Å². The lowest BCUT2D eigenvalue weighted by atomic mass is 10.1. The highest BCUT2D eigenvalue weighted by molar-refractivity contribution is 7.88. The van der Waals surface area contributed by atoms with E-state index in [1.165, 1.54) is 31.9 Å². The Morgan fingerprint density at radius 3 is 2.65 bits per heavy atom. The molecule has 2 aliphatic rings. The topological polar surface area (TPSA) is 91.0 Å². The number of hydrogen-bond donors (Lipinski definition) is 1. The second-order valence-electron chi connectivity index (χ2n) is 6.98. The van der Waals surface area contributed by atoms with E-state index < -0.39 is 10.0 Å². The van der Waals surface area contributed by atoms with Crippen molar-refractivity contribution < 1.29 is 12.9 Å². The molecule has 0 bridgehead atoms. The fourth-order valence-corrected chi connectivity index (χ4v) is 5.03. The van der Waals surface area contributed by atoms with Crippen molar-refractivity contribution in [3.8, 4) is 0 Å². The standard InChI is InChI=1S/C17H29N5O3S/c1-2-18-17(19-13-15-5-3-4-6-15)21-8-10-22(11-9-21)26(23,24)14-16-7-12-25-20-16/h7,12,15H,2-6,8-11,13-14H2,1H3,(H,18,19). The summed E-state index contributed by atoms with van der Waals surface area (Å²) in [5.74, 6) is 1.50. The van der Waals surface area contributed by atoms with Gasteiger partial charge in [0.2, 0.25) is 10.0 Å². The van der Waals surface area contributed by atoms with E-state index in [4.69, 9.17) is 9.52 Å². The van der Waals surface area contributed by atoms with Crippen molar-refractivity contribution in [2.75, 3.05) is 39.3 Å². The predicted octanol–water partition coefficient (Wildman–Crippen LogP) is 1.28. The van der Waals surface area contributed by atoms with Crippen molar-refractivity contribution in [3.05, 3.63) is 18.0 Å². The SMILES string of the molecule is CCNC(=NCC1CCCC1)N1CCN(S(=O)(=O)Cc2ccon2)CC1. The van der Waals surface area contributed by atoms with E-state index >= 15 is 0 Å². The zero-order valence-corrected chi connectivity index (χ0v) is 16.2. The molecule has 0 spiro atoms. The van der Waals surface area contributed by atoms with Gasteiger partial charge < -0.3 is 14.7 Å². The van der Waals surface area contributed by atoms with Gasteiger partial charge >= 0.3 is 0 Å². The van der Waals surface area contributed by atoms with Crippen LogP contribution in [0, 0.1) is 5.92 Å². The molecular weight excluding hydrogens is 354 g/mol. The summed E-state index contributed by atoms with van der Waals surface area (Å²) in [6.07, 6.45) is 6.58. The lowest BCUT2D eigenvalue weighted by Crippen LogP contribution is -2.54. The maximum atomic E-state index is 12.5. The second kappa shape index (κ2) is 8.85. The van der Waals surface area contributed by atoms with Crippen LogP contribution in [0.5, 0.6) is 0 Å². The lowest BCUT2D eigenvalue weighted by molar-refractivity contribution is 0.259. The van der Waals surface area contributed by atoms with E-state index in [1.54, 1.807) is 10.4 Å². The van der Waals surface area contributed by atoms with Gasteiger partial charge in [0, 0.05) is 45.3 Å². The van der Waals surface area contributed by atoms with Crippen molar-refractivity contribution in [1.82, 2.24) is 19.7 Å². The Kier molecular flexibility index (Phi) is 6.53. The van der Waals surface area contributed by atoms with Crippen molar-refractivity contribution in [3.63, 3.8) is 0 Å². The first-order valence-electron chi connectivity index (χ1n) is 9.49. The number of aromatic nitrogens is 1. The number of hydrogen-bond acceptors (Lipinski definition) is 5. The van der Waals surface area contributed by atoms with Gasteiger partial charge in [0.25, 0.3) is 0 Å². The van der Waals surface area contributed by atoms with Crippen LogP contribution in [0.25, 0.3) is 0 Å². The van der Waals surface area contributed by atoms with Crippen LogP contribution in [0.4, 0.5) is 0 Å². The van der Waals surface area contributed by atoms with Crippen molar-refractivity contribution in [2.24, 2.45) is 10.9 Å². The monoisotopic (exact) mass is 383 g/mol. The van der Waals surface area contributed by atoms with Crippen LogP contribution in [-0.4, -0.2) is 68.0 Å². The molecule has 0 unspecified atom stereocenters. The van der Waals surface area contributed by atoms with Crippen LogP contribution < -0.4 is 5.32 Å². The van der Waals surface area contributed by atoms with E-state index in [0.717, 1.165) is 19.0 Å². The summed E-state index contributed by atoms with van der Waals surface area (Å²) in [4.78, 5) is 6.98. The van der Waals surface area contributed by atoms with Gasteiger partial charge in [-0.05, 0) is 25.7 Å². The van der Waals surface area contributed by atoms with Gasteiger partial charge in [-0.15, -0.1) is 0 Å². The van der Waals surface area contributed by atoms with Crippen LogP contribution >= 0.6 is 0 Å². The molecule has 26 heavy (non-hydrogen) atoms. The summed E-state index contributed by atoms with van der Waals surface area (Å²) in [6, 6.07) is 1.59. The van der Waals surface area contributed by atoms with Crippen molar-refractivity contribution in [2.45, 2.75) is 38.4 Å². The quantitative estimate of drug-likeness (QED) is 0.588. The number of piperazine rings is 1. The summed E-state index contributed by atoms with van der Waals surface area (Å²) in [5.41, 5.74) is 0.443. The average molecular weight is 384 g/mol. The first-order valence-corrected chi connectivity index (χ1v) is 11.1. The van der Waals surface area contributed by atoms with Gasteiger partial charge in [0.1, 0.15) is 12.0 Å². The number of nitrogens with one attached hydrogen (secondary N) is 1. The zero-order chi connectivity index (χ0) is 18.4. The van der Waals surface area contributed by atoms with Gasteiger partial charge in [0.05, 0.1) is 5.69 Å². The Hall–Kier alpha value is -1.61. The highest BCUT2D eigenvalue weighted by atomic mass is 32.2. The van der Waals surface area contributed by atoms with Crippen LogP contribution in [-0.2, 0) is 15.8 Å². The first-order chi connectivity index (χ1) is 12.6. The van der Waals surface area contributed by atoms with Crippen LogP contribution in [0.1, 0.15) is 38.3 Å². The lowest BCUT2D eigenvalue weighted by Gasteiger charge is -2.35. The Balaban J connectivity index is 1.55. The predicted molar refractivity (Wildman–Crippen MR) is 100 cm³/mol. The zero-order valence-electron chi connectivity index (χ0n) is 15.4. The van der Waals surface area contributed by atoms with Crippen molar-refractivity contribution >= 4 is 16.0 Å². The molecule has 2 heterocycles. The van der Waals surface area contributed by atoms with Crippen molar-refractivity contribution in [1.29, 1.82) is 0 Å². The molecule has 0 radical (unpaired) electrons. The maximum absolute atomic E-state index is 12.5. The van der Waals surface area contributed by atoms with Crippen LogP contribution in [0.15, 0.2) is 21.8 Å². The van der Waals surface area contributed by atoms with E-state index in [2.05, 4.69) is 22.3 Å². The second-order valence-corrected chi connectivity index (χ2v) is 8.95. The van der Waals surface area contributed by atoms with E-state index in [9.17, 15) is 8.42 Å². The molecule has 1 saturated carbocycles. The third-order valence-electron chi connectivity index (χ3n) is 5.06. The molecule has 0 aromatic carbocycles. The molecule has 1 aliphatic carbocycles. The molecule has 3 rings (SSSR count). The number of rotatable bonds is 6. The average Bonchev–Trinajstić information content (AvgIpc) is 3.32. The van der Waals surface area contributed by atoms with Crippen LogP contribution in [0.3, 0.4) is 0 Å². The summed E-state index contributed by atoms with van der Waals surface area (Å²) in [5, 5.41) is 7.06. The minimum Gasteiger partial charge on any atom is -0.364 e. The Morgan fingerprint density at radius 2 is 2.04 bits per heavy atom. The summed E-state index contributed by atoms with van der Waals surface area (Å²) < 4.78 is 31.3. The number of nitrogens with zero attached hydrogens (tertiary/aromatic N) is 4. The molecule has 1 aromatic rings. The van der Waals surface area contributed by atoms with Gasteiger partial charge in [-0.25, -0.2) is 8.42 Å². The third-order valence-corrected chi connectivity index (χ3v) is 6.87. The Labute approximate surface area is 155 Å². The molecule has 1 saturated heterocycles. The van der Waals surface area contributed by atoms with Gasteiger partial charge in [-0.1, -0.05) is 18.0 Å². The fourth-order valence-electron chi connectivity index (χ4n) is 3.60. The number of sulfonamides is 1. The molecule has 2 fully saturated rings. The third kappa shape index (κ3) is 4.97. The molecule has 1 aliphatic heterocycles. The fraction of sp³-hybridized carbons (Fsp3) is 0.765.